The molecule has 1 N–H and O–H groups in total. The first-order chi connectivity index (χ1) is 3.55. The van der Waals surface area contributed by atoms with Crippen molar-refractivity contribution in [2.24, 2.45) is 0 Å². The Kier molecular flexibility index (Phi) is 2.87. The molecule has 0 fully saturated rings. The average Bonchev–Trinajstić information content (AvgIpc) is 1.64. The molecule has 8 heavy (non-hydrogen) atoms. The smallest absolute Gasteiger partial charge is 0.333 e. The molecule has 0 aliphatic carbocycles. The van der Waals surface area contributed by atoms with E-state index in [2.05, 4.69) is 6.58 Å². The lowest BCUT2D eigenvalue weighted by Crippen LogP contribution is -2.04. The van der Waals surface area contributed by atoms with E-state index in [9.17, 15) is 4.79 Å². The molecule has 0 bridgehead atoms. The summed E-state index contributed by atoms with van der Waals surface area (Å²) in [5.41, 5.74) is -0.201. The molecular formula is C4H4Cl2O2. The highest BCUT2D eigenvalue weighted by molar-refractivity contribution is 6.47. The molecule has 2 nitrogen and oxygen atoms in total. The van der Waals surface area contributed by atoms with Crippen molar-refractivity contribution in [2.45, 2.75) is 4.84 Å². The number of carbonyl (C=O) groups is 1. The van der Waals surface area contributed by atoms with E-state index in [0.29, 0.717) is 0 Å². The van der Waals surface area contributed by atoms with Crippen molar-refractivity contribution in [3.8, 4) is 0 Å². The Bertz CT molecular complexity index is 119. The van der Waals surface area contributed by atoms with E-state index in [0.717, 1.165) is 0 Å². The second-order valence-electron chi connectivity index (χ2n) is 1.13. The molecule has 0 rings (SSSR count). The van der Waals surface area contributed by atoms with E-state index < -0.39 is 10.8 Å². The summed E-state index contributed by atoms with van der Waals surface area (Å²) in [5, 5.41) is 8.08. The minimum atomic E-state index is -1.17. The van der Waals surface area contributed by atoms with Crippen LogP contribution in [0.25, 0.3) is 0 Å². The third-order valence-corrected chi connectivity index (χ3v) is 1.06. The van der Waals surface area contributed by atoms with Crippen molar-refractivity contribution in [3.05, 3.63) is 12.2 Å². The lowest BCUT2D eigenvalue weighted by atomic mass is 10.4. The van der Waals surface area contributed by atoms with Crippen molar-refractivity contribution in [3.63, 3.8) is 0 Å². The second-order valence-corrected chi connectivity index (χ2v) is 2.23. The van der Waals surface area contributed by atoms with Crippen LogP contribution in [0, 0.1) is 0 Å². The third-order valence-electron chi connectivity index (χ3n) is 0.538. The first kappa shape index (κ1) is 7.79. The predicted molar refractivity (Wildman–Crippen MR) is 32.3 cm³/mol. The van der Waals surface area contributed by atoms with Gasteiger partial charge in [0.2, 0.25) is 0 Å². The molecule has 0 aliphatic rings. The summed E-state index contributed by atoms with van der Waals surface area (Å²) in [5.74, 6) is -1.17. The Balaban J connectivity index is 3.84. The Labute approximate surface area is 56.7 Å². The van der Waals surface area contributed by atoms with Gasteiger partial charge in [0.05, 0.1) is 5.57 Å². The Morgan fingerprint density at radius 3 is 2.00 bits per heavy atom. The molecule has 0 unspecified atom stereocenters. The molecule has 0 amide bonds. The topological polar surface area (TPSA) is 37.3 Å². The highest BCUT2D eigenvalue weighted by Gasteiger charge is 2.10. The van der Waals surface area contributed by atoms with Crippen molar-refractivity contribution in [1.82, 2.24) is 0 Å². The first-order valence-corrected chi connectivity index (χ1v) is 2.63. The van der Waals surface area contributed by atoms with Crippen molar-refractivity contribution < 1.29 is 9.90 Å². The van der Waals surface area contributed by atoms with E-state index >= 15 is 0 Å². The highest BCUT2D eigenvalue weighted by atomic mass is 35.5. The number of halogens is 2. The zero-order valence-electron chi connectivity index (χ0n) is 3.90. The van der Waals surface area contributed by atoms with Crippen molar-refractivity contribution in [1.29, 1.82) is 0 Å². The molecule has 0 aromatic carbocycles. The van der Waals surface area contributed by atoms with Gasteiger partial charge in [0.15, 0.2) is 0 Å². The van der Waals surface area contributed by atoms with Crippen LogP contribution in [0.1, 0.15) is 0 Å². The van der Waals surface area contributed by atoms with Crippen LogP contribution < -0.4 is 0 Å². The minimum Gasteiger partial charge on any atom is -0.478 e. The molecule has 4 heteroatoms. The summed E-state index contributed by atoms with van der Waals surface area (Å²) in [6.45, 7) is 3.09. The molecule has 0 saturated carbocycles. The van der Waals surface area contributed by atoms with Gasteiger partial charge in [-0.15, -0.1) is 0 Å². The zero-order chi connectivity index (χ0) is 6.73. The third kappa shape index (κ3) is 2.19. The van der Waals surface area contributed by atoms with Crippen molar-refractivity contribution in [2.75, 3.05) is 0 Å². The molecule has 0 spiro atoms. The second kappa shape index (κ2) is 2.95. The Hall–Kier alpha value is -0.210. The fraction of sp³-hybridized carbons (Fsp3) is 0.250. The largest absolute Gasteiger partial charge is 0.478 e. The lowest BCUT2D eigenvalue weighted by Gasteiger charge is -1.95. The van der Waals surface area contributed by atoms with E-state index in [-0.39, 0.29) is 5.57 Å². The minimum absolute atomic E-state index is 0.201. The van der Waals surface area contributed by atoms with Gasteiger partial charge in [-0.1, -0.05) is 29.8 Å². The summed E-state index contributed by atoms with van der Waals surface area (Å²) >= 11 is 10.2. The van der Waals surface area contributed by atoms with Gasteiger partial charge in [0, 0.05) is 0 Å². The van der Waals surface area contributed by atoms with Crippen LogP contribution in [0.4, 0.5) is 0 Å². The molecule has 0 aromatic heterocycles. The predicted octanol–water partition coefficient (Wildman–Crippen LogP) is 1.43. The van der Waals surface area contributed by atoms with Crippen LogP contribution >= 0.6 is 23.2 Å². The Morgan fingerprint density at radius 2 is 2.00 bits per heavy atom. The van der Waals surface area contributed by atoms with Gasteiger partial charge in [-0.2, -0.15) is 0 Å². The average molecular weight is 155 g/mol. The van der Waals surface area contributed by atoms with E-state index in [1.54, 1.807) is 0 Å². The maximum absolute atomic E-state index is 9.87. The summed E-state index contributed by atoms with van der Waals surface area (Å²) in [6.07, 6.45) is 0. The fourth-order valence-corrected chi connectivity index (χ4v) is 0.280. The van der Waals surface area contributed by atoms with Gasteiger partial charge in [0.1, 0.15) is 4.84 Å². The van der Waals surface area contributed by atoms with Gasteiger partial charge >= 0.3 is 5.97 Å². The van der Waals surface area contributed by atoms with Gasteiger partial charge in [0.25, 0.3) is 0 Å². The zero-order valence-corrected chi connectivity index (χ0v) is 5.41. The number of hydrogen-bond acceptors (Lipinski definition) is 1. The maximum Gasteiger partial charge on any atom is 0.333 e. The van der Waals surface area contributed by atoms with Gasteiger partial charge in [-0.3, -0.25) is 0 Å². The van der Waals surface area contributed by atoms with Gasteiger partial charge in [-0.25, -0.2) is 4.79 Å². The molecule has 0 aliphatic heterocycles. The van der Waals surface area contributed by atoms with Gasteiger partial charge in [-0.05, 0) is 0 Å². The number of rotatable bonds is 2. The summed E-state index contributed by atoms with van der Waals surface area (Å²) < 4.78 is 0. The number of aliphatic carboxylic acids is 1. The molecule has 0 radical (unpaired) electrons. The van der Waals surface area contributed by atoms with E-state index in [4.69, 9.17) is 28.3 Å². The fourth-order valence-electron chi connectivity index (χ4n) is 0.0933. The molecular weight excluding hydrogens is 151 g/mol. The molecule has 0 atom stereocenters. The number of hydrogen-bond donors (Lipinski definition) is 1. The monoisotopic (exact) mass is 154 g/mol. The van der Waals surface area contributed by atoms with E-state index in [1.165, 1.54) is 0 Å². The van der Waals surface area contributed by atoms with Crippen molar-refractivity contribution >= 4 is 29.2 Å². The summed E-state index contributed by atoms with van der Waals surface area (Å²) in [7, 11) is 0. The standard InChI is InChI=1S/C4H4Cl2O2/c1-2(3(5)6)4(7)8/h3H,1H2,(H,7,8). The van der Waals surface area contributed by atoms with Crippen LogP contribution in [0.3, 0.4) is 0 Å². The lowest BCUT2D eigenvalue weighted by molar-refractivity contribution is -0.132. The van der Waals surface area contributed by atoms with Gasteiger partial charge < -0.3 is 5.11 Å². The summed E-state index contributed by atoms with van der Waals surface area (Å²) in [6, 6.07) is 0. The number of carboxylic acid groups (broad SMARTS) is 1. The molecule has 0 heterocycles. The van der Waals surface area contributed by atoms with Crippen LogP contribution in [0.15, 0.2) is 12.2 Å². The Morgan fingerprint density at radius 1 is 1.62 bits per heavy atom. The maximum atomic E-state index is 9.87. The first-order valence-electron chi connectivity index (χ1n) is 1.76. The molecule has 0 aromatic rings. The molecule has 0 saturated heterocycles. The van der Waals surface area contributed by atoms with Crippen LogP contribution in [-0.4, -0.2) is 15.9 Å². The normalized spacial score (nSPS) is 9.38. The van der Waals surface area contributed by atoms with E-state index in [1.807, 2.05) is 0 Å². The van der Waals surface area contributed by atoms with Crippen LogP contribution in [0.2, 0.25) is 0 Å². The molecule has 46 valence electrons. The van der Waals surface area contributed by atoms with Crippen LogP contribution in [-0.2, 0) is 4.79 Å². The summed E-state index contributed by atoms with van der Waals surface area (Å²) in [4.78, 5) is 8.87. The highest BCUT2D eigenvalue weighted by Crippen LogP contribution is 2.11. The SMILES string of the molecule is C=C(C(=O)O)C(Cl)Cl. The number of carboxylic acids is 1. The van der Waals surface area contributed by atoms with Crippen LogP contribution in [0.5, 0.6) is 0 Å². The quantitative estimate of drug-likeness (QED) is 0.483. The number of alkyl halides is 2.